The second-order valence-electron chi connectivity index (χ2n) is 4.44. The minimum absolute atomic E-state index is 0.180. The highest BCUT2D eigenvalue weighted by atomic mass is 19.3. The van der Waals surface area contributed by atoms with Crippen molar-refractivity contribution in [2.24, 2.45) is 0 Å². The van der Waals surface area contributed by atoms with Crippen LogP contribution in [0.3, 0.4) is 0 Å². The smallest absolute Gasteiger partial charge is 0.375 e. The third-order valence-corrected chi connectivity index (χ3v) is 3.39. The van der Waals surface area contributed by atoms with Crippen LogP contribution in [0.2, 0.25) is 0 Å². The summed E-state index contributed by atoms with van der Waals surface area (Å²) < 4.78 is 32.4. The maximum Gasteiger partial charge on any atom is 0.375 e. The van der Waals surface area contributed by atoms with Crippen molar-refractivity contribution in [3.63, 3.8) is 0 Å². The van der Waals surface area contributed by atoms with E-state index in [1.54, 1.807) is 12.1 Å². The fourth-order valence-electron chi connectivity index (χ4n) is 2.43. The van der Waals surface area contributed by atoms with Crippen molar-refractivity contribution < 1.29 is 23.4 Å². The zero-order valence-corrected chi connectivity index (χ0v) is 9.95. The number of carboxylic acid groups (broad SMARTS) is 1. The molecule has 3 nitrogen and oxygen atoms in total. The molecular formula is C13H14F2O3. The van der Waals surface area contributed by atoms with Crippen molar-refractivity contribution >= 4 is 5.97 Å². The lowest BCUT2D eigenvalue weighted by Gasteiger charge is -2.29. The van der Waals surface area contributed by atoms with Crippen molar-refractivity contribution in [1.82, 2.24) is 0 Å². The molecule has 1 aromatic rings. The van der Waals surface area contributed by atoms with E-state index >= 15 is 0 Å². The number of hydrogen-bond acceptors (Lipinski definition) is 2. The van der Waals surface area contributed by atoms with Crippen molar-refractivity contribution in [2.45, 2.75) is 31.1 Å². The van der Waals surface area contributed by atoms with Gasteiger partial charge in [-0.1, -0.05) is 6.07 Å². The molecular weight excluding hydrogens is 242 g/mol. The van der Waals surface area contributed by atoms with Gasteiger partial charge in [0, 0.05) is 0 Å². The number of ether oxygens (including phenoxy) is 1. The Labute approximate surface area is 103 Å². The largest absolute Gasteiger partial charge is 0.497 e. The number of rotatable bonds is 3. The van der Waals surface area contributed by atoms with Gasteiger partial charge in [-0.3, -0.25) is 0 Å². The Balaban J connectivity index is 2.46. The summed E-state index contributed by atoms with van der Waals surface area (Å²) in [5, 5.41) is 8.66. The van der Waals surface area contributed by atoms with Crippen LogP contribution in [0.4, 0.5) is 8.78 Å². The van der Waals surface area contributed by atoms with Crippen molar-refractivity contribution in [3.8, 4) is 5.75 Å². The first-order valence-corrected chi connectivity index (χ1v) is 5.75. The topological polar surface area (TPSA) is 46.5 Å². The van der Waals surface area contributed by atoms with Gasteiger partial charge in [0.2, 0.25) is 0 Å². The Bertz CT molecular complexity index is 471. The first-order chi connectivity index (χ1) is 8.46. The number of halogens is 2. The molecule has 18 heavy (non-hydrogen) atoms. The normalized spacial score (nSPS) is 19.2. The summed E-state index contributed by atoms with van der Waals surface area (Å²) >= 11 is 0. The van der Waals surface area contributed by atoms with E-state index in [-0.39, 0.29) is 6.42 Å². The quantitative estimate of drug-likeness (QED) is 0.904. The van der Waals surface area contributed by atoms with Gasteiger partial charge < -0.3 is 9.84 Å². The molecule has 5 heteroatoms. The number of methoxy groups -OCH3 is 1. The minimum atomic E-state index is -3.73. The molecule has 0 saturated heterocycles. The summed E-state index contributed by atoms with van der Waals surface area (Å²) in [6, 6.07) is 4.97. The standard InChI is InChI=1S/C13H14F2O3/c1-18-9-6-5-8-3-2-4-11(10(8)7-9)13(14,15)12(16)17/h5-7,11H,2-4H2,1H3,(H,16,17). The average Bonchev–Trinajstić information content (AvgIpc) is 2.37. The fraction of sp³-hybridized carbons (Fsp3) is 0.462. The molecule has 0 saturated carbocycles. The Morgan fingerprint density at radius 2 is 2.22 bits per heavy atom. The number of carbonyl (C=O) groups is 1. The fourth-order valence-corrected chi connectivity index (χ4v) is 2.43. The third-order valence-electron chi connectivity index (χ3n) is 3.39. The molecule has 0 fully saturated rings. The monoisotopic (exact) mass is 256 g/mol. The highest BCUT2D eigenvalue weighted by Gasteiger charge is 2.49. The van der Waals surface area contributed by atoms with E-state index in [2.05, 4.69) is 0 Å². The van der Waals surface area contributed by atoms with Gasteiger partial charge in [0.15, 0.2) is 0 Å². The van der Waals surface area contributed by atoms with E-state index in [1.165, 1.54) is 13.2 Å². The van der Waals surface area contributed by atoms with Crippen LogP contribution in [0.5, 0.6) is 5.75 Å². The molecule has 2 rings (SSSR count). The second-order valence-corrected chi connectivity index (χ2v) is 4.44. The van der Waals surface area contributed by atoms with E-state index in [1.807, 2.05) is 0 Å². The summed E-state index contributed by atoms with van der Waals surface area (Å²) in [4.78, 5) is 10.7. The maximum absolute atomic E-state index is 13.7. The number of hydrogen-bond donors (Lipinski definition) is 1. The number of carboxylic acids is 1. The van der Waals surface area contributed by atoms with Crippen LogP contribution in [-0.4, -0.2) is 24.1 Å². The summed E-state index contributed by atoms with van der Waals surface area (Å²) in [5.41, 5.74) is 1.18. The van der Waals surface area contributed by atoms with E-state index in [4.69, 9.17) is 9.84 Å². The Morgan fingerprint density at radius 3 is 2.83 bits per heavy atom. The first-order valence-electron chi connectivity index (χ1n) is 5.75. The molecule has 1 N–H and O–H groups in total. The van der Waals surface area contributed by atoms with Crippen LogP contribution in [0.1, 0.15) is 29.9 Å². The molecule has 1 atom stereocenters. The zero-order chi connectivity index (χ0) is 13.3. The van der Waals surface area contributed by atoms with Gasteiger partial charge in [-0.2, -0.15) is 8.78 Å². The van der Waals surface area contributed by atoms with E-state index in [9.17, 15) is 13.6 Å². The lowest BCUT2D eigenvalue weighted by atomic mass is 9.79. The van der Waals surface area contributed by atoms with E-state index < -0.39 is 17.8 Å². The molecule has 0 aliphatic heterocycles. The van der Waals surface area contributed by atoms with Gasteiger partial charge in [-0.25, -0.2) is 4.79 Å². The maximum atomic E-state index is 13.7. The first kappa shape index (κ1) is 12.8. The van der Waals surface area contributed by atoms with E-state index in [0.717, 1.165) is 5.56 Å². The van der Waals surface area contributed by atoms with Gasteiger partial charge >= 0.3 is 11.9 Å². The van der Waals surface area contributed by atoms with Crippen LogP contribution in [0.25, 0.3) is 0 Å². The highest BCUT2D eigenvalue weighted by Crippen LogP contribution is 2.43. The van der Waals surface area contributed by atoms with Crippen molar-refractivity contribution in [3.05, 3.63) is 29.3 Å². The lowest BCUT2D eigenvalue weighted by Crippen LogP contribution is -2.37. The summed E-state index contributed by atoms with van der Waals surface area (Å²) in [6.07, 6.45) is 1.46. The average molecular weight is 256 g/mol. The molecule has 0 aromatic heterocycles. The van der Waals surface area contributed by atoms with E-state index in [0.29, 0.717) is 24.2 Å². The molecule has 0 spiro atoms. The zero-order valence-electron chi connectivity index (χ0n) is 9.95. The van der Waals surface area contributed by atoms with Gasteiger partial charge in [-0.05, 0) is 42.5 Å². The van der Waals surface area contributed by atoms with Gasteiger partial charge in [0.25, 0.3) is 0 Å². The molecule has 1 aromatic carbocycles. The van der Waals surface area contributed by atoms with Crippen LogP contribution < -0.4 is 4.74 Å². The lowest BCUT2D eigenvalue weighted by molar-refractivity contribution is -0.169. The molecule has 1 aliphatic carbocycles. The number of benzene rings is 1. The second kappa shape index (κ2) is 4.55. The molecule has 1 unspecified atom stereocenters. The summed E-state index contributed by atoms with van der Waals surface area (Å²) in [6.45, 7) is 0. The van der Waals surface area contributed by atoms with Gasteiger partial charge in [0.05, 0.1) is 13.0 Å². The molecule has 0 bridgehead atoms. The van der Waals surface area contributed by atoms with Crippen molar-refractivity contribution in [1.29, 1.82) is 0 Å². The molecule has 0 radical (unpaired) electrons. The third kappa shape index (κ3) is 2.05. The predicted molar refractivity (Wildman–Crippen MR) is 61.3 cm³/mol. The molecule has 1 aliphatic rings. The highest BCUT2D eigenvalue weighted by molar-refractivity contribution is 5.77. The van der Waals surface area contributed by atoms with Gasteiger partial charge in [-0.15, -0.1) is 0 Å². The number of fused-ring (bicyclic) bond motifs is 1. The molecule has 0 heterocycles. The SMILES string of the molecule is COc1ccc2c(c1)C(C(F)(F)C(=O)O)CCC2. The molecule has 0 amide bonds. The number of alkyl halides is 2. The summed E-state index contributed by atoms with van der Waals surface area (Å²) in [7, 11) is 1.45. The predicted octanol–water partition coefficient (Wildman–Crippen LogP) is 2.84. The van der Waals surface area contributed by atoms with Crippen LogP contribution in [0, 0.1) is 0 Å². The Kier molecular flexibility index (Phi) is 3.24. The minimum Gasteiger partial charge on any atom is -0.497 e. The van der Waals surface area contributed by atoms with Gasteiger partial charge in [0.1, 0.15) is 5.75 Å². The molecule has 98 valence electrons. The number of aliphatic carboxylic acids is 1. The Morgan fingerprint density at radius 1 is 1.50 bits per heavy atom. The van der Waals surface area contributed by atoms with Crippen molar-refractivity contribution in [2.75, 3.05) is 7.11 Å². The van der Waals surface area contributed by atoms with Crippen LogP contribution in [-0.2, 0) is 11.2 Å². The van der Waals surface area contributed by atoms with Crippen LogP contribution >= 0.6 is 0 Å². The summed E-state index contributed by atoms with van der Waals surface area (Å²) in [5.74, 6) is -6.60. The van der Waals surface area contributed by atoms with Crippen LogP contribution in [0.15, 0.2) is 18.2 Å². The Hall–Kier alpha value is -1.65. The number of aryl methyl sites for hydroxylation is 1.